The number of benzene rings is 3. The molecule has 3 aromatic carbocycles. The number of carbonyl (C=O) groups excluding carboxylic acids is 1. The van der Waals surface area contributed by atoms with Gasteiger partial charge in [0, 0.05) is 33.2 Å². The summed E-state index contributed by atoms with van der Waals surface area (Å²) < 4.78 is 42.0. The molecule has 0 fully saturated rings. The predicted molar refractivity (Wildman–Crippen MR) is 159 cm³/mol. The van der Waals surface area contributed by atoms with Crippen LogP contribution < -0.4 is 19.2 Å². The van der Waals surface area contributed by atoms with Gasteiger partial charge in [0.15, 0.2) is 0 Å². The highest BCUT2D eigenvalue weighted by atomic mass is 79.9. The zero-order valence-electron chi connectivity index (χ0n) is 22.5. The van der Waals surface area contributed by atoms with Gasteiger partial charge in [-0.25, -0.2) is 13.8 Å². The number of carbonyl (C=O) groups is 1. The van der Waals surface area contributed by atoms with Crippen molar-refractivity contribution in [3.05, 3.63) is 100 Å². The van der Waals surface area contributed by atoms with E-state index in [0.29, 0.717) is 5.75 Å². The number of ether oxygens (including phenoxy) is 2. The largest absolute Gasteiger partial charge is 0.497 e. The highest BCUT2D eigenvalue weighted by Gasteiger charge is 2.29. The average Bonchev–Trinajstić information content (AvgIpc) is 3.24. The first-order chi connectivity index (χ1) is 19.1. The van der Waals surface area contributed by atoms with Gasteiger partial charge >= 0.3 is 0 Å². The van der Waals surface area contributed by atoms with Gasteiger partial charge in [0.1, 0.15) is 18.0 Å². The number of sulfonamides is 1. The van der Waals surface area contributed by atoms with E-state index < -0.39 is 22.5 Å². The molecule has 40 heavy (non-hydrogen) atoms. The van der Waals surface area contributed by atoms with Crippen molar-refractivity contribution in [3.63, 3.8) is 0 Å². The Balaban J connectivity index is 1.60. The zero-order chi connectivity index (χ0) is 28.9. The number of nitrogens with one attached hydrogen (secondary N) is 1. The summed E-state index contributed by atoms with van der Waals surface area (Å²) in [6.45, 7) is 3.41. The maximum atomic E-state index is 13.6. The van der Waals surface area contributed by atoms with Gasteiger partial charge in [-0.1, -0.05) is 40.2 Å². The molecule has 208 valence electrons. The minimum atomic E-state index is -4.13. The molecule has 0 atom stereocenters. The summed E-state index contributed by atoms with van der Waals surface area (Å²) in [5, 5.41) is 4.12. The number of aromatic nitrogens is 1. The van der Waals surface area contributed by atoms with E-state index in [1.54, 1.807) is 36.5 Å². The SMILES string of the molecule is COc1ccc(N(CC(=O)N/N=C\c2cc(C)n(-c3cccc(Br)c3)c2C)S(=O)(=O)c2ccccc2)c(OC)c1. The second-order valence-electron chi connectivity index (χ2n) is 8.80. The lowest BCUT2D eigenvalue weighted by Gasteiger charge is -2.25. The van der Waals surface area contributed by atoms with E-state index in [1.807, 2.05) is 44.2 Å². The number of halogens is 1. The van der Waals surface area contributed by atoms with E-state index in [2.05, 4.69) is 31.0 Å². The number of rotatable bonds is 10. The molecule has 0 saturated heterocycles. The van der Waals surface area contributed by atoms with Crippen LogP contribution in [0, 0.1) is 13.8 Å². The first kappa shape index (κ1) is 28.9. The van der Waals surface area contributed by atoms with Crippen molar-refractivity contribution in [2.75, 3.05) is 25.1 Å². The second-order valence-corrected chi connectivity index (χ2v) is 11.6. The molecule has 0 aliphatic rings. The Kier molecular flexibility index (Phi) is 8.96. The maximum absolute atomic E-state index is 13.6. The second kappa shape index (κ2) is 12.4. The molecular weight excluding hydrogens is 596 g/mol. The Bertz CT molecular complexity index is 1650. The molecule has 1 N–H and O–H groups in total. The van der Waals surface area contributed by atoms with Gasteiger partial charge in [0.25, 0.3) is 15.9 Å². The highest BCUT2D eigenvalue weighted by Crippen LogP contribution is 2.35. The molecule has 0 saturated carbocycles. The van der Waals surface area contributed by atoms with Crippen LogP contribution in [0.15, 0.2) is 93.3 Å². The number of amides is 1. The highest BCUT2D eigenvalue weighted by molar-refractivity contribution is 9.10. The zero-order valence-corrected chi connectivity index (χ0v) is 24.9. The van der Waals surface area contributed by atoms with Gasteiger partial charge in [0.2, 0.25) is 0 Å². The summed E-state index contributed by atoms with van der Waals surface area (Å²) >= 11 is 3.51. The van der Waals surface area contributed by atoms with Crippen LogP contribution in [0.25, 0.3) is 5.69 Å². The fourth-order valence-electron chi connectivity index (χ4n) is 4.28. The van der Waals surface area contributed by atoms with Crippen LogP contribution in [0.4, 0.5) is 5.69 Å². The lowest BCUT2D eigenvalue weighted by molar-refractivity contribution is -0.119. The van der Waals surface area contributed by atoms with E-state index in [9.17, 15) is 13.2 Å². The van der Waals surface area contributed by atoms with Crippen LogP contribution in [-0.2, 0) is 14.8 Å². The quantitative estimate of drug-likeness (QED) is 0.192. The summed E-state index contributed by atoms with van der Waals surface area (Å²) in [7, 11) is -1.22. The van der Waals surface area contributed by atoms with Crippen LogP contribution in [0.3, 0.4) is 0 Å². The molecule has 0 spiro atoms. The number of hydrogen-bond acceptors (Lipinski definition) is 6. The van der Waals surface area contributed by atoms with Gasteiger partial charge in [-0.2, -0.15) is 5.10 Å². The molecule has 11 heteroatoms. The predicted octanol–water partition coefficient (Wildman–Crippen LogP) is 5.22. The molecule has 0 unspecified atom stereocenters. The van der Waals surface area contributed by atoms with Crippen LogP contribution in [0.5, 0.6) is 11.5 Å². The molecule has 0 bridgehead atoms. The Morgan fingerprint density at radius 1 is 1.00 bits per heavy atom. The maximum Gasteiger partial charge on any atom is 0.264 e. The molecule has 4 rings (SSSR count). The molecule has 0 aliphatic carbocycles. The number of methoxy groups -OCH3 is 2. The fraction of sp³-hybridized carbons (Fsp3) is 0.172. The monoisotopic (exact) mass is 624 g/mol. The number of hydrogen-bond donors (Lipinski definition) is 1. The Labute approximate surface area is 242 Å². The third kappa shape index (κ3) is 6.21. The van der Waals surface area contributed by atoms with Gasteiger partial charge in [-0.05, 0) is 62.4 Å². The molecular formula is C29H29BrN4O5S. The lowest BCUT2D eigenvalue weighted by Crippen LogP contribution is -2.39. The van der Waals surface area contributed by atoms with Crippen molar-refractivity contribution < 1.29 is 22.7 Å². The van der Waals surface area contributed by atoms with E-state index >= 15 is 0 Å². The van der Waals surface area contributed by atoms with E-state index in [-0.39, 0.29) is 16.3 Å². The third-order valence-corrected chi connectivity index (χ3v) is 8.47. The van der Waals surface area contributed by atoms with Gasteiger partial charge in [-0.3, -0.25) is 9.10 Å². The molecule has 0 radical (unpaired) electrons. The normalized spacial score (nSPS) is 11.4. The van der Waals surface area contributed by atoms with E-state index in [0.717, 1.165) is 31.4 Å². The van der Waals surface area contributed by atoms with Gasteiger partial charge in [-0.15, -0.1) is 0 Å². The molecule has 1 aromatic heterocycles. The summed E-state index contributed by atoms with van der Waals surface area (Å²) in [6, 6.07) is 22.5. The molecule has 9 nitrogen and oxygen atoms in total. The number of hydrazone groups is 1. The minimum absolute atomic E-state index is 0.0316. The van der Waals surface area contributed by atoms with E-state index in [1.165, 1.54) is 32.4 Å². The van der Waals surface area contributed by atoms with Crippen LogP contribution in [0.2, 0.25) is 0 Å². The summed E-state index contributed by atoms with van der Waals surface area (Å²) in [6.07, 6.45) is 1.54. The number of anilines is 1. The Morgan fingerprint density at radius 3 is 2.42 bits per heavy atom. The fourth-order valence-corrected chi connectivity index (χ4v) is 6.12. The van der Waals surface area contributed by atoms with Crippen molar-refractivity contribution in [1.29, 1.82) is 0 Å². The summed E-state index contributed by atoms with van der Waals surface area (Å²) in [4.78, 5) is 13.1. The first-order valence-corrected chi connectivity index (χ1v) is 14.5. The Hall–Kier alpha value is -4.09. The minimum Gasteiger partial charge on any atom is -0.497 e. The molecule has 1 amide bonds. The topological polar surface area (TPSA) is 102 Å². The van der Waals surface area contributed by atoms with Crippen LogP contribution >= 0.6 is 15.9 Å². The average molecular weight is 626 g/mol. The van der Waals surface area contributed by atoms with Crippen molar-refractivity contribution >= 4 is 43.8 Å². The van der Waals surface area contributed by atoms with Crippen molar-refractivity contribution in [2.24, 2.45) is 5.10 Å². The molecule has 0 aliphatic heterocycles. The first-order valence-electron chi connectivity index (χ1n) is 12.2. The molecule has 1 heterocycles. The number of aryl methyl sites for hydroxylation is 1. The van der Waals surface area contributed by atoms with Gasteiger partial charge < -0.3 is 14.0 Å². The van der Waals surface area contributed by atoms with Crippen molar-refractivity contribution in [3.8, 4) is 17.2 Å². The van der Waals surface area contributed by atoms with Crippen LogP contribution in [0.1, 0.15) is 17.0 Å². The molecule has 4 aromatic rings. The van der Waals surface area contributed by atoms with Gasteiger partial charge in [0.05, 0.1) is 31.0 Å². The standard InChI is InChI=1S/C29H29BrN4O5S/c1-20-15-22(21(2)34(20)24-10-8-9-23(30)16-24)18-31-32-29(35)19-33(40(36,37)26-11-6-5-7-12-26)27-14-13-25(38-3)17-28(27)39-4/h5-18H,19H2,1-4H3,(H,32,35)/b31-18-. The lowest BCUT2D eigenvalue weighted by atomic mass is 10.2. The van der Waals surface area contributed by atoms with Crippen LogP contribution in [-0.4, -0.2) is 45.9 Å². The third-order valence-electron chi connectivity index (χ3n) is 6.20. The number of nitrogens with zero attached hydrogens (tertiary/aromatic N) is 3. The Morgan fingerprint density at radius 2 is 1.75 bits per heavy atom. The van der Waals surface area contributed by atoms with Crippen molar-refractivity contribution in [2.45, 2.75) is 18.7 Å². The summed E-state index contributed by atoms with van der Waals surface area (Å²) in [5.41, 5.74) is 6.37. The van der Waals surface area contributed by atoms with E-state index in [4.69, 9.17) is 9.47 Å². The smallest absolute Gasteiger partial charge is 0.264 e. The summed E-state index contributed by atoms with van der Waals surface area (Å²) in [5.74, 6) is 0.0803. The van der Waals surface area contributed by atoms with Crippen molar-refractivity contribution in [1.82, 2.24) is 9.99 Å².